The zero-order valence-electron chi connectivity index (χ0n) is 15.3. The van der Waals surface area contributed by atoms with Gasteiger partial charge in [0.25, 0.3) is 5.91 Å². The molecule has 2 aliphatic heterocycles. The van der Waals surface area contributed by atoms with Gasteiger partial charge >= 0.3 is 0 Å². The van der Waals surface area contributed by atoms with Gasteiger partial charge in [-0.1, -0.05) is 6.07 Å². The summed E-state index contributed by atoms with van der Waals surface area (Å²) in [6.07, 6.45) is 3.49. The fourth-order valence-electron chi connectivity index (χ4n) is 3.90. The van der Waals surface area contributed by atoms with Gasteiger partial charge in [0.1, 0.15) is 17.2 Å². The van der Waals surface area contributed by atoms with Crippen molar-refractivity contribution >= 4 is 15.9 Å². The van der Waals surface area contributed by atoms with Crippen molar-refractivity contribution in [3.05, 3.63) is 48.3 Å². The summed E-state index contributed by atoms with van der Waals surface area (Å²) >= 11 is 0. The maximum atomic E-state index is 13.5. The van der Waals surface area contributed by atoms with E-state index in [2.05, 4.69) is 10.3 Å². The molecule has 1 N–H and O–H groups in total. The van der Waals surface area contributed by atoms with Crippen molar-refractivity contribution in [1.29, 1.82) is 0 Å². The van der Waals surface area contributed by atoms with Crippen LogP contribution in [-0.4, -0.2) is 54.4 Å². The molecular formula is C18H21FN4O4S. The summed E-state index contributed by atoms with van der Waals surface area (Å²) in [5.41, 5.74) is -0.827. The molecule has 1 spiro atoms. The molecule has 10 heteroatoms. The van der Waals surface area contributed by atoms with Crippen LogP contribution in [0.25, 0.3) is 0 Å². The monoisotopic (exact) mass is 408 g/mol. The molecule has 2 aromatic rings. The predicted molar refractivity (Wildman–Crippen MR) is 97.2 cm³/mol. The second-order valence-electron chi connectivity index (χ2n) is 6.98. The topological polar surface area (TPSA) is 93.5 Å². The number of carbonyl (C=O) groups is 1. The number of rotatable bonds is 3. The van der Waals surface area contributed by atoms with Gasteiger partial charge in [-0.2, -0.15) is 4.31 Å². The number of hydrogen-bond acceptors (Lipinski definition) is 5. The number of benzene rings is 1. The van der Waals surface area contributed by atoms with E-state index in [9.17, 15) is 17.6 Å². The number of hydrogen-bond donors (Lipinski definition) is 1. The first kappa shape index (κ1) is 19.0. The van der Waals surface area contributed by atoms with Crippen molar-refractivity contribution in [3.63, 3.8) is 0 Å². The van der Waals surface area contributed by atoms with E-state index in [4.69, 9.17) is 4.74 Å². The van der Waals surface area contributed by atoms with Crippen LogP contribution in [0.1, 0.15) is 18.7 Å². The highest BCUT2D eigenvalue weighted by atomic mass is 32.2. The predicted octanol–water partition coefficient (Wildman–Crippen LogP) is 0.847. The fraction of sp³-hybridized carbons (Fsp3) is 0.444. The number of fused-ring (bicyclic) bond motifs is 2. The molecule has 2 aliphatic rings. The molecule has 0 bridgehead atoms. The molecule has 1 saturated heterocycles. The summed E-state index contributed by atoms with van der Waals surface area (Å²) in [7, 11) is -2.26. The third-order valence-corrected chi connectivity index (χ3v) is 7.25. The molecule has 4 rings (SSSR count). The number of piperidine rings is 1. The van der Waals surface area contributed by atoms with E-state index < -0.39 is 27.5 Å². The number of likely N-dealkylation sites (N-methyl/N-ethyl adjacent to an activating group) is 1. The molecule has 0 aliphatic carbocycles. The molecule has 1 amide bonds. The first-order valence-corrected chi connectivity index (χ1v) is 10.5. The van der Waals surface area contributed by atoms with Crippen LogP contribution >= 0.6 is 0 Å². The summed E-state index contributed by atoms with van der Waals surface area (Å²) in [6, 6.07) is 4.99. The minimum Gasteiger partial charge on any atom is -0.357 e. The smallest absolute Gasteiger partial charge is 0.250 e. The Kier molecular flexibility index (Phi) is 4.72. The van der Waals surface area contributed by atoms with Crippen molar-refractivity contribution in [2.45, 2.75) is 36.0 Å². The average molecular weight is 408 g/mol. The largest absolute Gasteiger partial charge is 0.357 e. The van der Waals surface area contributed by atoms with Crippen LogP contribution in [0.2, 0.25) is 0 Å². The zero-order valence-corrected chi connectivity index (χ0v) is 16.2. The van der Waals surface area contributed by atoms with E-state index in [1.165, 1.54) is 22.5 Å². The highest BCUT2D eigenvalue weighted by Gasteiger charge is 2.48. The Labute approximate surface area is 162 Å². The first-order chi connectivity index (χ1) is 13.4. The minimum absolute atomic E-state index is 0.0715. The molecule has 150 valence electrons. The molecule has 1 unspecified atom stereocenters. The Morgan fingerprint density at radius 2 is 2.11 bits per heavy atom. The summed E-state index contributed by atoms with van der Waals surface area (Å²) < 4.78 is 48.6. The molecule has 1 atom stereocenters. The SMILES string of the molecule is CNC(=O)C1Cn2ccnc2C2(CCN(S(=O)(=O)c3cccc(F)c3)CC2)O1. The van der Waals surface area contributed by atoms with Gasteiger partial charge in [0.15, 0.2) is 6.10 Å². The first-order valence-electron chi connectivity index (χ1n) is 9.02. The third kappa shape index (κ3) is 3.11. The Bertz CT molecular complexity index is 999. The normalized spacial score (nSPS) is 22.0. The summed E-state index contributed by atoms with van der Waals surface area (Å²) in [4.78, 5) is 16.5. The number of halogens is 1. The van der Waals surface area contributed by atoms with E-state index in [0.717, 1.165) is 6.07 Å². The summed E-state index contributed by atoms with van der Waals surface area (Å²) in [5, 5.41) is 2.60. The number of nitrogens with zero attached hydrogens (tertiary/aromatic N) is 3. The van der Waals surface area contributed by atoms with Crippen LogP contribution in [-0.2, 0) is 31.7 Å². The van der Waals surface area contributed by atoms with Crippen molar-refractivity contribution in [2.24, 2.45) is 0 Å². The van der Waals surface area contributed by atoms with E-state index in [1.807, 2.05) is 4.57 Å². The Morgan fingerprint density at radius 1 is 1.36 bits per heavy atom. The Balaban J connectivity index is 1.59. The van der Waals surface area contributed by atoms with Crippen molar-refractivity contribution < 1.29 is 22.3 Å². The molecule has 8 nitrogen and oxygen atoms in total. The number of sulfonamides is 1. The summed E-state index contributed by atoms with van der Waals surface area (Å²) in [6.45, 7) is 0.737. The standard InChI is InChI=1S/C18H21FN4O4S/c1-20-16(24)15-12-22-10-7-21-17(22)18(27-15)5-8-23(9-6-18)28(25,26)14-4-2-3-13(19)11-14/h2-4,7,10-11,15H,5-6,8-9,12H2,1H3,(H,20,24). The lowest BCUT2D eigenvalue weighted by Crippen LogP contribution is -2.54. The molecule has 0 saturated carbocycles. The molecular weight excluding hydrogens is 387 g/mol. The van der Waals surface area contributed by atoms with Crippen LogP contribution in [0.15, 0.2) is 41.6 Å². The maximum Gasteiger partial charge on any atom is 0.250 e. The molecule has 1 aromatic carbocycles. The van der Waals surface area contributed by atoms with Crippen LogP contribution in [0, 0.1) is 5.82 Å². The summed E-state index contributed by atoms with van der Waals surface area (Å²) in [5.74, 6) is -0.121. The van der Waals surface area contributed by atoms with Crippen LogP contribution < -0.4 is 5.32 Å². The molecule has 1 aromatic heterocycles. The lowest BCUT2D eigenvalue weighted by Gasteiger charge is -2.45. The maximum absolute atomic E-state index is 13.5. The fourth-order valence-corrected chi connectivity index (χ4v) is 5.37. The van der Waals surface area contributed by atoms with Gasteiger partial charge in [-0.05, 0) is 31.0 Å². The number of amides is 1. The van der Waals surface area contributed by atoms with E-state index in [1.54, 1.807) is 19.4 Å². The molecule has 1 fully saturated rings. The average Bonchev–Trinajstić information content (AvgIpc) is 3.17. The van der Waals surface area contributed by atoms with Crippen molar-refractivity contribution in [3.8, 4) is 0 Å². The number of nitrogens with one attached hydrogen (secondary N) is 1. The molecule has 28 heavy (non-hydrogen) atoms. The van der Waals surface area contributed by atoms with Crippen LogP contribution in [0.3, 0.4) is 0 Å². The third-order valence-electron chi connectivity index (χ3n) is 5.36. The lowest BCUT2D eigenvalue weighted by atomic mass is 9.89. The number of aromatic nitrogens is 2. The Morgan fingerprint density at radius 3 is 2.79 bits per heavy atom. The number of carbonyl (C=O) groups excluding carboxylic acids is 1. The second kappa shape index (κ2) is 6.94. The Hall–Kier alpha value is -2.30. The highest BCUT2D eigenvalue weighted by molar-refractivity contribution is 7.89. The number of ether oxygens (including phenoxy) is 1. The van der Waals surface area contributed by atoms with Gasteiger partial charge in [-0.15, -0.1) is 0 Å². The van der Waals surface area contributed by atoms with E-state index >= 15 is 0 Å². The van der Waals surface area contributed by atoms with E-state index in [0.29, 0.717) is 25.2 Å². The molecule has 3 heterocycles. The van der Waals surface area contributed by atoms with Gasteiger partial charge in [0.2, 0.25) is 10.0 Å². The van der Waals surface area contributed by atoms with Crippen molar-refractivity contribution in [2.75, 3.05) is 20.1 Å². The lowest BCUT2D eigenvalue weighted by molar-refractivity contribution is -0.170. The zero-order chi connectivity index (χ0) is 19.9. The minimum atomic E-state index is -3.81. The van der Waals surface area contributed by atoms with Gasteiger partial charge < -0.3 is 14.6 Å². The van der Waals surface area contributed by atoms with Gasteiger partial charge in [-0.3, -0.25) is 4.79 Å². The highest BCUT2D eigenvalue weighted by Crippen LogP contribution is 2.41. The van der Waals surface area contributed by atoms with Crippen LogP contribution in [0.4, 0.5) is 4.39 Å². The van der Waals surface area contributed by atoms with Gasteiger partial charge in [-0.25, -0.2) is 17.8 Å². The molecule has 0 radical (unpaired) electrons. The van der Waals surface area contributed by atoms with E-state index in [-0.39, 0.29) is 23.9 Å². The van der Waals surface area contributed by atoms with Gasteiger partial charge in [0.05, 0.1) is 11.4 Å². The quantitative estimate of drug-likeness (QED) is 0.813. The van der Waals surface area contributed by atoms with Gasteiger partial charge in [0, 0.05) is 32.5 Å². The van der Waals surface area contributed by atoms with Crippen molar-refractivity contribution in [1.82, 2.24) is 19.2 Å². The van der Waals surface area contributed by atoms with Crippen LogP contribution in [0.5, 0.6) is 0 Å². The second-order valence-corrected chi connectivity index (χ2v) is 8.92. The number of imidazole rings is 1.